The van der Waals surface area contributed by atoms with E-state index >= 15 is 0 Å². The Hall–Kier alpha value is -0.0900. The predicted octanol–water partition coefficient (Wildman–Crippen LogP) is 3.07. The molecule has 0 aromatic heterocycles. The molecule has 1 fully saturated rings. The molecular weight excluding hydrogens is 294 g/mol. The number of nitrogens with zero attached hydrogens (tertiary/aromatic N) is 1. The van der Waals surface area contributed by atoms with Crippen LogP contribution in [0.15, 0.2) is 0 Å². The SMILES string of the molecule is CC1OC(C)C(C(=O)N(CCCBr)C(C)C)C1C. The molecule has 0 aromatic carbocycles. The molecule has 0 saturated carbocycles. The summed E-state index contributed by atoms with van der Waals surface area (Å²) in [6, 6.07) is 0.256. The van der Waals surface area contributed by atoms with Crippen molar-refractivity contribution in [2.75, 3.05) is 11.9 Å². The Kier molecular flexibility index (Phi) is 6.12. The van der Waals surface area contributed by atoms with Gasteiger partial charge in [-0.1, -0.05) is 22.9 Å². The predicted molar refractivity (Wildman–Crippen MR) is 77.9 cm³/mol. The molecule has 0 radical (unpaired) electrons. The molecule has 4 heteroatoms. The summed E-state index contributed by atoms with van der Waals surface area (Å²) in [5.41, 5.74) is 0. The number of ether oxygens (including phenoxy) is 1. The fourth-order valence-electron chi connectivity index (χ4n) is 2.74. The molecule has 0 aliphatic carbocycles. The molecule has 106 valence electrons. The molecule has 0 spiro atoms. The van der Waals surface area contributed by atoms with Crippen molar-refractivity contribution in [3.05, 3.63) is 0 Å². The second-order valence-corrected chi connectivity index (χ2v) is 6.39. The average Bonchev–Trinajstić information content (AvgIpc) is 2.53. The Labute approximate surface area is 119 Å². The van der Waals surface area contributed by atoms with Gasteiger partial charge in [0.25, 0.3) is 0 Å². The molecule has 3 nitrogen and oxygen atoms in total. The van der Waals surface area contributed by atoms with Crippen LogP contribution in [0.3, 0.4) is 0 Å². The van der Waals surface area contributed by atoms with E-state index in [2.05, 4.69) is 43.6 Å². The van der Waals surface area contributed by atoms with E-state index in [9.17, 15) is 4.79 Å². The molecule has 1 rings (SSSR count). The fraction of sp³-hybridized carbons (Fsp3) is 0.929. The van der Waals surface area contributed by atoms with Crippen LogP contribution in [-0.4, -0.2) is 40.9 Å². The molecule has 1 saturated heterocycles. The van der Waals surface area contributed by atoms with Crippen LogP contribution >= 0.6 is 15.9 Å². The number of amides is 1. The van der Waals surface area contributed by atoms with Crippen LogP contribution in [0.4, 0.5) is 0 Å². The van der Waals surface area contributed by atoms with Crippen molar-refractivity contribution in [2.24, 2.45) is 11.8 Å². The minimum atomic E-state index is 0.0118. The van der Waals surface area contributed by atoms with Crippen molar-refractivity contribution in [3.8, 4) is 0 Å². The number of rotatable bonds is 5. The second kappa shape index (κ2) is 6.90. The van der Waals surface area contributed by atoms with Crippen LogP contribution in [0, 0.1) is 11.8 Å². The summed E-state index contributed by atoms with van der Waals surface area (Å²) in [6.07, 6.45) is 1.21. The van der Waals surface area contributed by atoms with E-state index in [1.807, 2.05) is 11.8 Å². The van der Waals surface area contributed by atoms with Gasteiger partial charge in [-0.15, -0.1) is 0 Å². The van der Waals surface area contributed by atoms with E-state index in [0.29, 0.717) is 5.92 Å². The third-order valence-electron chi connectivity index (χ3n) is 3.97. The zero-order valence-electron chi connectivity index (χ0n) is 12.1. The normalized spacial score (nSPS) is 31.9. The molecular formula is C14H26BrNO2. The van der Waals surface area contributed by atoms with Crippen LogP contribution in [0.5, 0.6) is 0 Å². The standard InChI is InChI=1S/C14H26BrNO2/c1-9(2)16(8-6-7-15)14(17)13-10(3)11(4)18-12(13)5/h9-13H,6-8H2,1-5H3. The van der Waals surface area contributed by atoms with Crippen molar-refractivity contribution in [1.29, 1.82) is 0 Å². The Balaban J connectivity index is 2.76. The smallest absolute Gasteiger partial charge is 0.228 e. The monoisotopic (exact) mass is 319 g/mol. The van der Waals surface area contributed by atoms with Gasteiger partial charge in [0.2, 0.25) is 5.91 Å². The summed E-state index contributed by atoms with van der Waals surface area (Å²) in [4.78, 5) is 14.7. The number of hydrogen-bond donors (Lipinski definition) is 0. The first-order valence-electron chi connectivity index (χ1n) is 6.92. The molecule has 1 amide bonds. The van der Waals surface area contributed by atoms with Crippen molar-refractivity contribution in [1.82, 2.24) is 4.90 Å². The van der Waals surface area contributed by atoms with E-state index in [0.717, 1.165) is 18.3 Å². The van der Waals surface area contributed by atoms with E-state index in [-0.39, 0.29) is 30.1 Å². The van der Waals surface area contributed by atoms with Gasteiger partial charge in [0.05, 0.1) is 18.1 Å². The molecule has 1 aliphatic rings. The second-order valence-electron chi connectivity index (χ2n) is 5.60. The van der Waals surface area contributed by atoms with Crippen LogP contribution in [-0.2, 0) is 9.53 Å². The van der Waals surface area contributed by atoms with Gasteiger partial charge in [-0.2, -0.15) is 0 Å². The summed E-state index contributed by atoms with van der Waals surface area (Å²) < 4.78 is 5.78. The number of halogens is 1. The van der Waals surface area contributed by atoms with E-state index in [4.69, 9.17) is 4.74 Å². The lowest BCUT2D eigenvalue weighted by atomic mass is 9.88. The van der Waals surface area contributed by atoms with Gasteiger partial charge in [0.1, 0.15) is 0 Å². The van der Waals surface area contributed by atoms with Crippen LogP contribution in [0.25, 0.3) is 0 Å². The molecule has 0 N–H and O–H groups in total. The molecule has 18 heavy (non-hydrogen) atoms. The Morgan fingerprint density at radius 1 is 1.28 bits per heavy atom. The Morgan fingerprint density at radius 2 is 1.89 bits per heavy atom. The molecule has 4 atom stereocenters. The van der Waals surface area contributed by atoms with Gasteiger partial charge >= 0.3 is 0 Å². The maximum absolute atomic E-state index is 12.7. The summed E-state index contributed by atoms with van der Waals surface area (Å²) >= 11 is 3.43. The van der Waals surface area contributed by atoms with Crippen LogP contribution in [0.1, 0.15) is 41.0 Å². The quantitative estimate of drug-likeness (QED) is 0.729. The van der Waals surface area contributed by atoms with Gasteiger partial charge in [0.15, 0.2) is 0 Å². The van der Waals surface area contributed by atoms with Crippen molar-refractivity contribution < 1.29 is 9.53 Å². The number of carbonyl (C=O) groups is 1. The third kappa shape index (κ3) is 3.47. The Bertz CT molecular complexity index is 283. The topological polar surface area (TPSA) is 29.5 Å². The van der Waals surface area contributed by atoms with Gasteiger partial charge in [-0.05, 0) is 40.0 Å². The minimum absolute atomic E-state index is 0.0118. The molecule has 1 aliphatic heterocycles. The van der Waals surface area contributed by atoms with E-state index < -0.39 is 0 Å². The summed E-state index contributed by atoms with van der Waals surface area (Å²) in [5.74, 6) is 0.575. The number of carbonyl (C=O) groups excluding carboxylic acids is 1. The maximum Gasteiger partial charge on any atom is 0.228 e. The first kappa shape index (κ1) is 16.0. The Morgan fingerprint density at radius 3 is 2.28 bits per heavy atom. The van der Waals surface area contributed by atoms with E-state index in [1.165, 1.54) is 0 Å². The first-order valence-corrected chi connectivity index (χ1v) is 8.04. The third-order valence-corrected chi connectivity index (χ3v) is 4.53. The van der Waals surface area contributed by atoms with Gasteiger partial charge < -0.3 is 9.64 Å². The largest absolute Gasteiger partial charge is 0.374 e. The highest BCUT2D eigenvalue weighted by molar-refractivity contribution is 9.09. The van der Waals surface area contributed by atoms with Crippen LogP contribution in [0.2, 0.25) is 0 Å². The highest BCUT2D eigenvalue weighted by Crippen LogP contribution is 2.33. The summed E-state index contributed by atoms with van der Waals surface area (Å²) in [5, 5.41) is 0.937. The van der Waals surface area contributed by atoms with Gasteiger partial charge in [0, 0.05) is 17.9 Å². The zero-order chi connectivity index (χ0) is 13.9. The van der Waals surface area contributed by atoms with E-state index in [1.54, 1.807) is 0 Å². The van der Waals surface area contributed by atoms with Crippen molar-refractivity contribution in [3.63, 3.8) is 0 Å². The average molecular weight is 320 g/mol. The molecule has 4 unspecified atom stereocenters. The van der Waals surface area contributed by atoms with Gasteiger partial charge in [-0.3, -0.25) is 4.79 Å². The lowest BCUT2D eigenvalue weighted by molar-refractivity contribution is -0.139. The molecule has 0 aromatic rings. The summed E-state index contributed by atoms with van der Waals surface area (Å²) in [6.45, 7) is 11.2. The lowest BCUT2D eigenvalue weighted by Gasteiger charge is -2.31. The highest BCUT2D eigenvalue weighted by atomic mass is 79.9. The lowest BCUT2D eigenvalue weighted by Crippen LogP contribution is -2.45. The van der Waals surface area contributed by atoms with Gasteiger partial charge in [-0.25, -0.2) is 0 Å². The minimum Gasteiger partial charge on any atom is -0.374 e. The summed E-state index contributed by atoms with van der Waals surface area (Å²) in [7, 11) is 0. The van der Waals surface area contributed by atoms with Crippen molar-refractivity contribution >= 4 is 21.8 Å². The number of hydrogen-bond acceptors (Lipinski definition) is 2. The van der Waals surface area contributed by atoms with Crippen LogP contribution < -0.4 is 0 Å². The first-order chi connectivity index (χ1) is 8.40. The fourth-order valence-corrected chi connectivity index (χ4v) is 2.99. The van der Waals surface area contributed by atoms with Crippen molar-refractivity contribution in [2.45, 2.75) is 59.3 Å². The molecule has 0 bridgehead atoms. The number of alkyl halides is 1. The zero-order valence-corrected chi connectivity index (χ0v) is 13.7. The molecule has 1 heterocycles. The maximum atomic E-state index is 12.7. The highest BCUT2D eigenvalue weighted by Gasteiger charge is 2.43.